The van der Waals surface area contributed by atoms with Crippen molar-refractivity contribution in [1.82, 2.24) is 18.7 Å². The number of rotatable bonds is 5. The molecular formula is C22H28N4O4. The maximum Gasteiger partial charge on any atom is 0.332 e. The minimum absolute atomic E-state index is 0.178. The van der Waals surface area contributed by atoms with Gasteiger partial charge in [-0.2, -0.15) is 0 Å². The Kier molecular flexibility index (Phi) is 5.70. The minimum Gasteiger partial charge on any atom is -0.436 e. The first-order valence-corrected chi connectivity index (χ1v) is 9.94. The lowest BCUT2D eigenvalue weighted by Crippen LogP contribution is -2.40. The van der Waals surface area contributed by atoms with Gasteiger partial charge in [0.05, 0.1) is 5.41 Å². The summed E-state index contributed by atoms with van der Waals surface area (Å²) in [6.45, 7) is 9.68. The van der Waals surface area contributed by atoms with Crippen molar-refractivity contribution in [3.8, 4) is 0 Å². The van der Waals surface area contributed by atoms with Gasteiger partial charge in [-0.25, -0.2) is 9.78 Å². The smallest absolute Gasteiger partial charge is 0.332 e. The molecular weight excluding hydrogens is 384 g/mol. The number of esters is 1. The van der Waals surface area contributed by atoms with Crippen molar-refractivity contribution in [2.45, 2.75) is 47.4 Å². The lowest BCUT2D eigenvalue weighted by Gasteiger charge is -2.25. The molecule has 8 nitrogen and oxygen atoms in total. The van der Waals surface area contributed by atoms with E-state index in [4.69, 9.17) is 4.74 Å². The second-order valence-corrected chi connectivity index (χ2v) is 8.89. The van der Waals surface area contributed by atoms with Crippen LogP contribution < -0.4 is 11.2 Å². The molecule has 0 amide bonds. The van der Waals surface area contributed by atoms with Crippen LogP contribution in [0.15, 0.2) is 46.2 Å². The number of hydrogen-bond acceptors (Lipinski definition) is 5. The van der Waals surface area contributed by atoms with E-state index in [1.807, 2.05) is 44.2 Å². The normalized spacial score (nSPS) is 13.0. The Morgan fingerprint density at radius 1 is 1.13 bits per heavy atom. The molecule has 3 rings (SSSR count). The predicted molar refractivity (Wildman–Crippen MR) is 114 cm³/mol. The molecule has 1 unspecified atom stereocenters. The van der Waals surface area contributed by atoms with Gasteiger partial charge in [0.15, 0.2) is 11.2 Å². The van der Waals surface area contributed by atoms with Crippen molar-refractivity contribution in [2.75, 3.05) is 0 Å². The van der Waals surface area contributed by atoms with E-state index >= 15 is 0 Å². The van der Waals surface area contributed by atoms with Gasteiger partial charge < -0.3 is 4.74 Å². The lowest BCUT2D eigenvalue weighted by molar-refractivity contribution is -0.160. The van der Waals surface area contributed by atoms with Gasteiger partial charge in [0, 0.05) is 19.2 Å². The van der Waals surface area contributed by atoms with Crippen LogP contribution in [0.3, 0.4) is 0 Å². The van der Waals surface area contributed by atoms with E-state index in [9.17, 15) is 14.4 Å². The van der Waals surface area contributed by atoms with Gasteiger partial charge in [-0.15, -0.1) is 0 Å². The van der Waals surface area contributed by atoms with Crippen molar-refractivity contribution in [3.05, 3.63) is 63.1 Å². The molecule has 0 radical (unpaired) electrons. The molecule has 0 aliphatic carbocycles. The fraction of sp³-hybridized carbons (Fsp3) is 0.455. The highest BCUT2D eigenvalue weighted by molar-refractivity contribution is 5.76. The Bertz CT molecular complexity index is 1180. The summed E-state index contributed by atoms with van der Waals surface area (Å²) < 4.78 is 9.94. The van der Waals surface area contributed by atoms with Crippen molar-refractivity contribution in [2.24, 2.45) is 18.4 Å². The van der Waals surface area contributed by atoms with Crippen LogP contribution in [-0.2, 0) is 23.1 Å². The predicted octanol–water partition coefficient (Wildman–Crippen LogP) is 2.69. The number of fused-ring (bicyclic) bond motifs is 1. The number of aromatic nitrogens is 4. The highest BCUT2D eigenvalue weighted by Gasteiger charge is 2.30. The molecule has 0 bridgehead atoms. The summed E-state index contributed by atoms with van der Waals surface area (Å²) in [4.78, 5) is 42.8. The summed E-state index contributed by atoms with van der Waals surface area (Å²) in [7, 11) is 1.44. The highest BCUT2D eigenvalue weighted by atomic mass is 16.6. The number of hydrogen-bond donors (Lipinski definition) is 0. The Labute approximate surface area is 174 Å². The molecule has 0 fully saturated rings. The summed E-state index contributed by atoms with van der Waals surface area (Å²) in [5.74, 6) is -0.234. The number of carbonyl (C=O) groups is 1. The molecule has 0 N–H and O–H groups in total. The third-order valence-corrected chi connectivity index (χ3v) is 4.77. The summed E-state index contributed by atoms with van der Waals surface area (Å²) in [5.41, 5.74) is -0.445. The molecule has 1 aromatic carbocycles. The van der Waals surface area contributed by atoms with Gasteiger partial charge in [-0.1, -0.05) is 44.2 Å². The van der Waals surface area contributed by atoms with E-state index in [1.165, 1.54) is 22.5 Å². The van der Waals surface area contributed by atoms with E-state index in [0.717, 1.165) is 4.57 Å². The van der Waals surface area contributed by atoms with Crippen molar-refractivity contribution in [3.63, 3.8) is 0 Å². The topological polar surface area (TPSA) is 88.1 Å². The summed E-state index contributed by atoms with van der Waals surface area (Å²) >= 11 is 0. The monoisotopic (exact) mass is 412 g/mol. The minimum atomic E-state index is -0.888. The fourth-order valence-electron chi connectivity index (χ4n) is 3.16. The molecule has 160 valence electrons. The van der Waals surface area contributed by atoms with Crippen molar-refractivity contribution in [1.29, 1.82) is 0 Å². The second kappa shape index (κ2) is 7.93. The van der Waals surface area contributed by atoms with Crippen molar-refractivity contribution >= 4 is 17.1 Å². The van der Waals surface area contributed by atoms with Crippen LogP contribution in [0, 0.1) is 11.3 Å². The first-order chi connectivity index (χ1) is 14.0. The third-order valence-electron chi connectivity index (χ3n) is 4.77. The zero-order valence-corrected chi connectivity index (χ0v) is 18.2. The Hall–Kier alpha value is -3.16. The van der Waals surface area contributed by atoms with E-state index < -0.39 is 28.9 Å². The van der Waals surface area contributed by atoms with Gasteiger partial charge in [-0.3, -0.25) is 23.3 Å². The Balaban J connectivity index is 2.28. The van der Waals surface area contributed by atoms with Gasteiger partial charge in [0.1, 0.15) is 6.33 Å². The van der Waals surface area contributed by atoms with Crippen LogP contribution in [0.5, 0.6) is 0 Å². The first kappa shape index (κ1) is 21.5. The molecule has 0 spiro atoms. The quantitative estimate of drug-likeness (QED) is 0.601. The summed E-state index contributed by atoms with van der Waals surface area (Å²) in [6.07, 6.45) is 0.566. The molecule has 2 aromatic heterocycles. The molecule has 2 heterocycles. The molecule has 3 aromatic rings. The fourth-order valence-corrected chi connectivity index (χ4v) is 3.16. The molecule has 1 atom stereocenters. The third kappa shape index (κ3) is 3.94. The maximum absolute atomic E-state index is 13.0. The van der Waals surface area contributed by atoms with Gasteiger partial charge in [0.2, 0.25) is 6.23 Å². The van der Waals surface area contributed by atoms with Crippen LogP contribution in [-0.4, -0.2) is 24.7 Å². The van der Waals surface area contributed by atoms with Crippen LogP contribution in [0.25, 0.3) is 11.2 Å². The molecule has 8 heteroatoms. The van der Waals surface area contributed by atoms with E-state index in [-0.39, 0.29) is 17.1 Å². The molecule has 0 saturated heterocycles. The van der Waals surface area contributed by atoms with Gasteiger partial charge >= 0.3 is 11.7 Å². The Morgan fingerprint density at radius 3 is 2.33 bits per heavy atom. The lowest BCUT2D eigenvalue weighted by atomic mass is 9.97. The van der Waals surface area contributed by atoms with E-state index in [2.05, 4.69) is 4.98 Å². The zero-order valence-electron chi connectivity index (χ0n) is 18.2. The highest BCUT2D eigenvalue weighted by Crippen LogP contribution is 2.27. The maximum atomic E-state index is 13.0. The Morgan fingerprint density at radius 2 is 1.77 bits per heavy atom. The number of nitrogens with zero attached hydrogens (tertiary/aromatic N) is 4. The van der Waals surface area contributed by atoms with Crippen LogP contribution in [0.2, 0.25) is 0 Å². The van der Waals surface area contributed by atoms with E-state index in [1.54, 1.807) is 20.8 Å². The van der Waals surface area contributed by atoms with Crippen molar-refractivity contribution < 1.29 is 9.53 Å². The molecule has 0 aliphatic heterocycles. The number of imidazole rings is 1. The molecule has 0 saturated carbocycles. The summed E-state index contributed by atoms with van der Waals surface area (Å²) in [6, 6.07) is 9.16. The molecule has 0 aliphatic rings. The largest absolute Gasteiger partial charge is 0.436 e. The zero-order chi connectivity index (χ0) is 22.2. The van der Waals surface area contributed by atoms with E-state index in [0.29, 0.717) is 12.1 Å². The SMILES string of the molecule is CC(C)Cn1c(=O)n(C)c(=O)c2c1ncn2C(OC(=O)C(C)(C)C)c1ccccc1. The van der Waals surface area contributed by atoms with Crippen LogP contribution in [0.1, 0.15) is 46.4 Å². The van der Waals surface area contributed by atoms with Crippen LogP contribution in [0.4, 0.5) is 0 Å². The van der Waals surface area contributed by atoms with Gasteiger partial charge in [0.25, 0.3) is 5.56 Å². The van der Waals surface area contributed by atoms with Crippen LogP contribution >= 0.6 is 0 Å². The average Bonchev–Trinajstić information content (AvgIpc) is 3.12. The summed E-state index contributed by atoms with van der Waals surface area (Å²) in [5, 5.41) is 0. The van der Waals surface area contributed by atoms with Gasteiger partial charge in [-0.05, 0) is 26.7 Å². The average molecular weight is 412 g/mol. The number of benzene rings is 1. The standard InChI is InChI=1S/C22H28N4O4/c1-14(2)12-25-17-16(18(27)24(6)21(25)29)26(13-23-17)19(15-10-8-7-9-11-15)30-20(28)22(3,4)5/h7-11,13-14,19H,12H2,1-6H3. The number of carbonyl (C=O) groups excluding carboxylic acids is 1. The first-order valence-electron chi connectivity index (χ1n) is 9.94. The number of ether oxygens (including phenoxy) is 1. The second-order valence-electron chi connectivity index (χ2n) is 8.89. The molecule has 30 heavy (non-hydrogen) atoms.